The number of anilines is 1. The molecular weight excluding hydrogens is 314 g/mol. The average Bonchev–Trinajstić information content (AvgIpc) is 2.99. The number of halogens is 1. The van der Waals surface area contributed by atoms with E-state index in [2.05, 4.69) is 46.7 Å². The van der Waals surface area contributed by atoms with Gasteiger partial charge in [-0.15, -0.1) is 11.3 Å². The number of hydrazone groups is 1. The number of nitrogens with one attached hydrogen (secondary N) is 1. The number of aromatic nitrogens is 1. The Labute approximate surface area is 138 Å². The van der Waals surface area contributed by atoms with Crippen LogP contribution in [0.5, 0.6) is 0 Å². The van der Waals surface area contributed by atoms with Crippen molar-refractivity contribution in [2.75, 3.05) is 5.43 Å². The molecule has 0 bridgehead atoms. The van der Waals surface area contributed by atoms with Gasteiger partial charge in [-0.05, 0) is 24.6 Å². The Kier molecular flexibility index (Phi) is 4.51. The smallest absolute Gasteiger partial charge is 0.203 e. The van der Waals surface area contributed by atoms with Gasteiger partial charge in [-0.25, -0.2) is 4.98 Å². The molecule has 3 aromatic rings. The predicted molar refractivity (Wildman–Crippen MR) is 95.0 cm³/mol. The summed E-state index contributed by atoms with van der Waals surface area (Å²) in [6, 6.07) is 15.8. The van der Waals surface area contributed by atoms with Gasteiger partial charge in [0.05, 0.1) is 11.9 Å². The van der Waals surface area contributed by atoms with E-state index in [9.17, 15) is 0 Å². The van der Waals surface area contributed by atoms with Gasteiger partial charge in [-0.3, -0.25) is 5.43 Å². The Morgan fingerprint density at radius 1 is 1.09 bits per heavy atom. The highest BCUT2D eigenvalue weighted by Crippen LogP contribution is 2.25. The maximum Gasteiger partial charge on any atom is 0.203 e. The number of rotatable bonds is 4. The molecule has 0 atom stereocenters. The first-order valence-corrected chi connectivity index (χ1v) is 8.04. The van der Waals surface area contributed by atoms with E-state index in [0.29, 0.717) is 5.02 Å². The maximum absolute atomic E-state index is 5.84. The maximum atomic E-state index is 5.84. The zero-order valence-electron chi connectivity index (χ0n) is 12.0. The van der Waals surface area contributed by atoms with Crippen molar-refractivity contribution in [1.82, 2.24) is 4.98 Å². The first kappa shape index (κ1) is 14.8. The van der Waals surface area contributed by atoms with Crippen LogP contribution in [-0.4, -0.2) is 11.2 Å². The van der Waals surface area contributed by atoms with Crippen molar-refractivity contribution in [1.29, 1.82) is 0 Å². The molecule has 5 heteroatoms. The molecule has 1 heterocycles. The molecule has 3 nitrogen and oxygen atoms in total. The molecular formula is C17H14ClN3S. The van der Waals surface area contributed by atoms with Crippen LogP contribution >= 0.6 is 22.9 Å². The fourth-order valence-corrected chi connectivity index (χ4v) is 2.69. The first-order valence-electron chi connectivity index (χ1n) is 6.78. The third-order valence-corrected chi connectivity index (χ3v) is 4.09. The van der Waals surface area contributed by atoms with Gasteiger partial charge < -0.3 is 0 Å². The van der Waals surface area contributed by atoms with E-state index in [1.165, 1.54) is 16.9 Å². The minimum atomic E-state index is 0.716. The first-order chi connectivity index (χ1) is 10.7. The molecule has 0 amide bonds. The molecule has 0 radical (unpaired) electrons. The monoisotopic (exact) mass is 327 g/mol. The van der Waals surface area contributed by atoms with Gasteiger partial charge in [0.25, 0.3) is 0 Å². The highest BCUT2D eigenvalue weighted by atomic mass is 35.5. The molecule has 0 saturated heterocycles. The quantitative estimate of drug-likeness (QED) is 0.527. The van der Waals surface area contributed by atoms with Crippen molar-refractivity contribution in [2.45, 2.75) is 6.92 Å². The van der Waals surface area contributed by atoms with Crippen LogP contribution in [0.25, 0.3) is 11.3 Å². The van der Waals surface area contributed by atoms with Gasteiger partial charge in [0.1, 0.15) is 0 Å². The zero-order chi connectivity index (χ0) is 15.4. The van der Waals surface area contributed by atoms with Crippen LogP contribution in [0.1, 0.15) is 11.1 Å². The second kappa shape index (κ2) is 6.73. The van der Waals surface area contributed by atoms with Gasteiger partial charge in [0.2, 0.25) is 5.13 Å². The third-order valence-electron chi connectivity index (χ3n) is 3.10. The molecule has 1 N–H and O–H groups in total. The summed E-state index contributed by atoms with van der Waals surface area (Å²) >= 11 is 7.37. The summed E-state index contributed by atoms with van der Waals surface area (Å²) < 4.78 is 0. The topological polar surface area (TPSA) is 37.3 Å². The third kappa shape index (κ3) is 3.72. The molecule has 0 aliphatic rings. The molecule has 1 aromatic heterocycles. The highest BCUT2D eigenvalue weighted by molar-refractivity contribution is 7.14. The van der Waals surface area contributed by atoms with E-state index < -0.39 is 0 Å². The van der Waals surface area contributed by atoms with Gasteiger partial charge in [-0.1, -0.05) is 53.6 Å². The van der Waals surface area contributed by atoms with Crippen LogP contribution in [-0.2, 0) is 0 Å². The molecule has 0 unspecified atom stereocenters. The predicted octanol–water partition coefficient (Wildman–Crippen LogP) is 5.22. The van der Waals surface area contributed by atoms with E-state index in [-0.39, 0.29) is 0 Å². The number of benzene rings is 2. The Morgan fingerprint density at radius 3 is 2.55 bits per heavy atom. The van der Waals surface area contributed by atoms with Crippen molar-refractivity contribution in [2.24, 2.45) is 5.10 Å². The standard InChI is InChI=1S/C17H14ClN3S/c1-12-2-6-14(7-3-12)16-11-22-17(20-16)21-19-10-13-4-8-15(18)9-5-13/h2-11H,1H3,(H,20,21)/b19-10+. The summed E-state index contributed by atoms with van der Waals surface area (Å²) in [4.78, 5) is 4.53. The lowest BCUT2D eigenvalue weighted by atomic mass is 10.1. The van der Waals surface area contributed by atoms with Crippen molar-refractivity contribution < 1.29 is 0 Å². The second-order valence-electron chi connectivity index (χ2n) is 4.83. The van der Waals surface area contributed by atoms with Crippen LogP contribution in [0, 0.1) is 6.92 Å². The van der Waals surface area contributed by atoms with Crippen molar-refractivity contribution in [3.05, 3.63) is 70.1 Å². The van der Waals surface area contributed by atoms with Gasteiger partial charge in [0, 0.05) is 16.0 Å². The molecule has 22 heavy (non-hydrogen) atoms. The Hall–Kier alpha value is -2.17. The molecule has 0 aliphatic heterocycles. The molecule has 3 rings (SSSR count). The van der Waals surface area contributed by atoms with Crippen LogP contribution in [0.4, 0.5) is 5.13 Å². The summed E-state index contributed by atoms with van der Waals surface area (Å²) in [5.74, 6) is 0. The minimum Gasteiger partial charge on any atom is -0.253 e. The average molecular weight is 328 g/mol. The van der Waals surface area contributed by atoms with E-state index in [0.717, 1.165) is 22.0 Å². The summed E-state index contributed by atoms with van der Waals surface area (Å²) in [5, 5.41) is 7.69. The molecule has 0 spiro atoms. The van der Waals surface area contributed by atoms with E-state index in [1.807, 2.05) is 29.6 Å². The summed E-state index contributed by atoms with van der Waals surface area (Å²) in [7, 11) is 0. The van der Waals surface area contributed by atoms with Crippen molar-refractivity contribution in [3.63, 3.8) is 0 Å². The van der Waals surface area contributed by atoms with Gasteiger partial charge >= 0.3 is 0 Å². The Morgan fingerprint density at radius 2 is 1.82 bits per heavy atom. The van der Waals surface area contributed by atoms with Gasteiger partial charge in [0.15, 0.2) is 0 Å². The van der Waals surface area contributed by atoms with Crippen LogP contribution in [0.15, 0.2) is 59.0 Å². The largest absolute Gasteiger partial charge is 0.253 e. The number of hydrogen-bond acceptors (Lipinski definition) is 4. The normalized spacial score (nSPS) is 11.0. The minimum absolute atomic E-state index is 0.716. The number of nitrogens with zero attached hydrogens (tertiary/aromatic N) is 2. The van der Waals surface area contributed by atoms with Gasteiger partial charge in [-0.2, -0.15) is 5.10 Å². The van der Waals surface area contributed by atoms with Crippen molar-refractivity contribution in [3.8, 4) is 11.3 Å². The van der Waals surface area contributed by atoms with Crippen LogP contribution in [0.3, 0.4) is 0 Å². The lowest BCUT2D eigenvalue weighted by Gasteiger charge is -1.97. The number of aryl methyl sites for hydroxylation is 1. The lowest BCUT2D eigenvalue weighted by Crippen LogP contribution is -1.90. The number of hydrogen-bond donors (Lipinski definition) is 1. The second-order valence-corrected chi connectivity index (χ2v) is 6.12. The molecule has 2 aromatic carbocycles. The fraction of sp³-hybridized carbons (Fsp3) is 0.0588. The zero-order valence-corrected chi connectivity index (χ0v) is 13.5. The Bertz CT molecular complexity index is 776. The molecule has 0 fully saturated rings. The summed E-state index contributed by atoms with van der Waals surface area (Å²) in [5.41, 5.74) is 7.23. The van der Waals surface area contributed by atoms with E-state index in [4.69, 9.17) is 11.6 Å². The lowest BCUT2D eigenvalue weighted by molar-refractivity contribution is 1.29. The molecule has 0 aliphatic carbocycles. The molecule has 0 saturated carbocycles. The number of thiazole rings is 1. The van der Waals surface area contributed by atoms with Crippen molar-refractivity contribution >= 4 is 34.3 Å². The van der Waals surface area contributed by atoms with Crippen LogP contribution in [0.2, 0.25) is 5.02 Å². The van der Waals surface area contributed by atoms with E-state index in [1.54, 1.807) is 6.21 Å². The van der Waals surface area contributed by atoms with Crippen LogP contribution < -0.4 is 5.43 Å². The fourth-order valence-electron chi connectivity index (χ4n) is 1.89. The summed E-state index contributed by atoms with van der Waals surface area (Å²) in [6.45, 7) is 2.07. The Balaban J connectivity index is 1.66. The SMILES string of the molecule is Cc1ccc(-c2csc(N/N=C/c3ccc(Cl)cc3)n2)cc1. The highest BCUT2D eigenvalue weighted by Gasteiger charge is 2.03. The van der Waals surface area contributed by atoms with E-state index >= 15 is 0 Å². The molecule has 110 valence electrons. The summed E-state index contributed by atoms with van der Waals surface area (Å²) in [6.07, 6.45) is 1.74.